The van der Waals surface area contributed by atoms with Crippen molar-refractivity contribution in [3.63, 3.8) is 0 Å². The molecule has 0 aliphatic carbocycles. The molecule has 7 nitrogen and oxygen atoms in total. The first-order valence-electron chi connectivity index (χ1n) is 7.28. The fraction of sp³-hybridized carbons (Fsp3) is 0.500. The van der Waals surface area contributed by atoms with Gasteiger partial charge < -0.3 is 15.5 Å². The number of nitrogens with zero attached hydrogens (tertiary/aromatic N) is 4. The molecule has 7 heteroatoms. The largest absolute Gasteiger partial charge is 0.355 e. The molecule has 0 aromatic carbocycles. The summed E-state index contributed by atoms with van der Waals surface area (Å²) in [5, 5.41) is 10.7. The number of aromatic nitrogens is 3. The van der Waals surface area contributed by atoms with Crippen LogP contribution in [0.2, 0.25) is 0 Å². The van der Waals surface area contributed by atoms with Gasteiger partial charge in [0.25, 0.3) is 0 Å². The molecule has 21 heavy (non-hydrogen) atoms. The Labute approximate surface area is 123 Å². The van der Waals surface area contributed by atoms with Crippen molar-refractivity contribution < 1.29 is 4.79 Å². The van der Waals surface area contributed by atoms with E-state index in [1.807, 2.05) is 41.5 Å². The average molecular weight is 288 g/mol. The molecule has 2 N–H and O–H groups in total. The molecule has 1 fully saturated rings. The van der Waals surface area contributed by atoms with Crippen LogP contribution in [0, 0.1) is 6.92 Å². The zero-order valence-corrected chi connectivity index (χ0v) is 12.3. The van der Waals surface area contributed by atoms with Gasteiger partial charge in [0.15, 0.2) is 5.65 Å². The number of amides is 1. The van der Waals surface area contributed by atoms with Crippen LogP contribution in [0.25, 0.3) is 5.65 Å². The molecule has 0 spiro atoms. The molecule has 112 valence electrons. The lowest BCUT2D eigenvalue weighted by Gasteiger charge is -2.34. The summed E-state index contributed by atoms with van der Waals surface area (Å²) in [6.07, 6.45) is 0. The summed E-state index contributed by atoms with van der Waals surface area (Å²) in [6, 6.07) is 5.61. The number of anilines is 1. The third-order valence-electron chi connectivity index (χ3n) is 3.69. The lowest BCUT2D eigenvalue weighted by atomic mass is 10.2. The molecule has 0 bridgehead atoms. The van der Waals surface area contributed by atoms with Crippen molar-refractivity contribution in [2.24, 2.45) is 0 Å². The predicted molar refractivity (Wildman–Crippen MR) is 80.4 cm³/mol. The van der Waals surface area contributed by atoms with Gasteiger partial charge in [-0.1, -0.05) is 6.07 Å². The number of hydrogen-bond acceptors (Lipinski definition) is 5. The van der Waals surface area contributed by atoms with Crippen LogP contribution in [0.4, 0.5) is 5.95 Å². The van der Waals surface area contributed by atoms with Crippen LogP contribution in [-0.4, -0.2) is 52.7 Å². The molecule has 2 aromatic heterocycles. The number of carbonyl (C=O) groups is 1. The molecule has 0 saturated carbocycles. The number of piperazine rings is 1. The van der Waals surface area contributed by atoms with E-state index in [-0.39, 0.29) is 11.9 Å². The molecule has 3 heterocycles. The maximum atomic E-state index is 12.2. The molecule has 1 unspecified atom stereocenters. The maximum absolute atomic E-state index is 12.2. The van der Waals surface area contributed by atoms with Crippen molar-refractivity contribution in [3.8, 4) is 0 Å². The number of fused-ring (bicyclic) bond motifs is 1. The summed E-state index contributed by atoms with van der Waals surface area (Å²) in [5.41, 5.74) is 1.83. The summed E-state index contributed by atoms with van der Waals surface area (Å²) < 4.78 is 1.81. The SMILES string of the molecule is CCNC(=O)C1CNCCN1c1nc2cccc(C)n2n1. The lowest BCUT2D eigenvalue weighted by molar-refractivity contribution is -0.122. The topological polar surface area (TPSA) is 74.6 Å². The van der Waals surface area contributed by atoms with E-state index in [2.05, 4.69) is 20.7 Å². The summed E-state index contributed by atoms with van der Waals surface area (Å²) in [7, 11) is 0. The summed E-state index contributed by atoms with van der Waals surface area (Å²) in [4.78, 5) is 18.7. The van der Waals surface area contributed by atoms with E-state index in [4.69, 9.17) is 0 Å². The van der Waals surface area contributed by atoms with Gasteiger partial charge in [0.05, 0.1) is 0 Å². The third kappa shape index (κ3) is 2.56. The standard InChI is InChI=1S/C14H20N6O/c1-3-16-13(21)11-9-15-7-8-19(11)14-17-12-6-4-5-10(2)20(12)18-14/h4-6,11,15H,3,7-9H2,1-2H3,(H,16,21). The molecule has 3 rings (SSSR count). The van der Waals surface area contributed by atoms with Gasteiger partial charge >= 0.3 is 0 Å². The second kappa shape index (κ2) is 5.69. The lowest BCUT2D eigenvalue weighted by Crippen LogP contribution is -2.58. The Bertz CT molecular complexity index is 652. The quantitative estimate of drug-likeness (QED) is 0.828. The minimum atomic E-state index is -0.267. The second-order valence-corrected chi connectivity index (χ2v) is 5.16. The van der Waals surface area contributed by atoms with Gasteiger partial charge in [-0.15, -0.1) is 5.10 Å². The van der Waals surface area contributed by atoms with Crippen LogP contribution in [0.3, 0.4) is 0 Å². The molecule has 1 atom stereocenters. The molecule has 0 radical (unpaired) electrons. The molecular weight excluding hydrogens is 268 g/mol. The van der Waals surface area contributed by atoms with Gasteiger partial charge in [-0.05, 0) is 26.0 Å². The molecule has 2 aromatic rings. The fourth-order valence-corrected chi connectivity index (χ4v) is 2.62. The second-order valence-electron chi connectivity index (χ2n) is 5.16. The first-order valence-corrected chi connectivity index (χ1v) is 7.28. The number of hydrogen-bond donors (Lipinski definition) is 2. The first-order chi connectivity index (χ1) is 10.2. The minimum Gasteiger partial charge on any atom is -0.355 e. The van der Waals surface area contributed by atoms with Crippen LogP contribution >= 0.6 is 0 Å². The zero-order valence-electron chi connectivity index (χ0n) is 12.3. The highest BCUT2D eigenvalue weighted by molar-refractivity contribution is 5.85. The third-order valence-corrected chi connectivity index (χ3v) is 3.69. The Hall–Kier alpha value is -2.15. The van der Waals surface area contributed by atoms with Crippen LogP contribution in [-0.2, 0) is 4.79 Å². The highest BCUT2D eigenvalue weighted by Crippen LogP contribution is 2.16. The van der Waals surface area contributed by atoms with E-state index < -0.39 is 0 Å². The number of pyridine rings is 1. The van der Waals surface area contributed by atoms with Crippen molar-refractivity contribution >= 4 is 17.5 Å². The molecule has 1 saturated heterocycles. The van der Waals surface area contributed by atoms with Crippen molar-refractivity contribution in [1.29, 1.82) is 0 Å². The van der Waals surface area contributed by atoms with E-state index in [0.717, 1.165) is 24.4 Å². The van der Waals surface area contributed by atoms with Gasteiger partial charge in [-0.3, -0.25) is 4.79 Å². The maximum Gasteiger partial charge on any atom is 0.246 e. The van der Waals surface area contributed by atoms with Crippen LogP contribution in [0.1, 0.15) is 12.6 Å². The number of rotatable bonds is 3. The van der Waals surface area contributed by atoms with Crippen molar-refractivity contribution in [1.82, 2.24) is 25.2 Å². The molecule has 1 amide bonds. The summed E-state index contributed by atoms with van der Waals surface area (Å²) in [5.74, 6) is 0.627. The minimum absolute atomic E-state index is 0.0141. The number of nitrogens with one attached hydrogen (secondary N) is 2. The Morgan fingerprint density at radius 2 is 2.38 bits per heavy atom. The number of carbonyl (C=O) groups excluding carboxylic acids is 1. The van der Waals surface area contributed by atoms with Crippen molar-refractivity contribution in [3.05, 3.63) is 23.9 Å². The first kappa shape index (κ1) is 13.8. The Balaban J connectivity index is 1.94. The highest BCUT2D eigenvalue weighted by Gasteiger charge is 2.30. The molecule has 1 aliphatic rings. The van der Waals surface area contributed by atoms with Gasteiger partial charge in [0.2, 0.25) is 11.9 Å². The average Bonchev–Trinajstić information content (AvgIpc) is 2.93. The van der Waals surface area contributed by atoms with E-state index in [1.54, 1.807) is 0 Å². The van der Waals surface area contributed by atoms with Gasteiger partial charge in [-0.25, -0.2) is 4.52 Å². The summed E-state index contributed by atoms with van der Waals surface area (Å²) in [6.45, 7) is 6.69. The summed E-state index contributed by atoms with van der Waals surface area (Å²) >= 11 is 0. The van der Waals surface area contributed by atoms with Crippen molar-refractivity contribution in [2.45, 2.75) is 19.9 Å². The van der Waals surface area contributed by atoms with E-state index in [1.165, 1.54) is 0 Å². The Kier molecular flexibility index (Phi) is 3.74. The van der Waals surface area contributed by atoms with Gasteiger partial charge in [-0.2, -0.15) is 4.98 Å². The number of likely N-dealkylation sites (N-methyl/N-ethyl adjacent to an activating group) is 1. The smallest absolute Gasteiger partial charge is 0.246 e. The zero-order chi connectivity index (χ0) is 14.8. The molecular formula is C14H20N6O. The van der Waals surface area contributed by atoms with Crippen LogP contribution in [0.15, 0.2) is 18.2 Å². The molecule has 1 aliphatic heterocycles. The predicted octanol–water partition coefficient (Wildman–Crippen LogP) is -0.0480. The van der Waals surface area contributed by atoms with Crippen LogP contribution in [0.5, 0.6) is 0 Å². The Morgan fingerprint density at radius 1 is 1.52 bits per heavy atom. The van der Waals surface area contributed by atoms with Gasteiger partial charge in [0.1, 0.15) is 6.04 Å². The fourth-order valence-electron chi connectivity index (χ4n) is 2.62. The van der Waals surface area contributed by atoms with E-state index in [9.17, 15) is 4.79 Å². The van der Waals surface area contributed by atoms with E-state index in [0.29, 0.717) is 19.0 Å². The van der Waals surface area contributed by atoms with E-state index >= 15 is 0 Å². The Morgan fingerprint density at radius 3 is 3.14 bits per heavy atom. The van der Waals surface area contributed by atoms with Crippen molar-refractivity contribution in [2.75, 3.05) is 31.1 Å². The van der Waals surface area contributed by atoms with Gasteiger partial charge in [0, 0.05) is 31.9 Å². The number of aryl methyl sites for hydroxylation is 1. The normalized spacial score (nSPS) is 19.0. The monoisotopic (exact) mass is 288 g/mol. The highest BCUT2D eigenvalue weighted by atomic mass is 16.2. The van der Waals surface area contributed by atoms with Crippen LogP contribution < -0.4 is 15.5 Å².